The number of rotatable bonds is 20. The maximum absolute atomic E-state index is 14.6. The molecule has 1 unspecified atom stereocenters. The largest absolute Gasteiger partial charge is 0.372 e. The predicted octanol–water partition coefficient (Wildman–Crippen LogP) is 3.86. The van der Waals surface area contributed by atoms with Crippen LogP contribution in [0.15, 0.2) is 82.1 Å². The average Bonchev–Trinajstić information content (AvgIpc) is 3.75. The number of anilines is 1. The summed E-state index contributed by atoms with van der Waals surface area (Å²) in [5.74, 6) is -4.36. The summed E-state index contributed by atoms with van der Waals surface area (Å²) >= 11 is 0. The van der Waals surface area contributed by atoms with Crippen molar-refractivity contribution in [2.45, 2.75) is 101 Å². The second kappa shape index (κ2) is 19.4. The normalized spacial score (nSPS) is 19.5. The van der Waals surface area contributed by atoms with Crippen LogP contribution >= 0.6 is 0 Å². The predicted molar refractivity (Wildman–Crippen MR) is 245 cm³/mol. The summed E-state index contributed by atoms with van der Waals surface area (Å²) in [6, 6.07) is 10.6. The van der Waals surface area contributed by atoms with Crippen LogP contribution in [0, 0.1) is 0 Å². The fraction of sp³-hybridized carbons (Fsp3) is 0.478. The number of hydrogen-bond donors (Lipinski definition) is 4. The van der Waals surface area contributed by atoms with Crippen molar-refractivity contribution in [2.75, 3.05) is 50.9 Å². The third kappa shape index (κ3) is 10.5. The van der Waals surface area contributed by atoms with Crippen molar-refractivity contribution < 1.29 is 59.3 Å². The number of carbonyl (C=O) groups excluding carboxylic acids is 5. The first-order valence-electron chi connectivity index (χ1n) is 21.9. The molecule has 0 aromatic heterocycles. The fourth-order valence-electron chi connectivity index (χ4n) is 8.85. The Hall–Kier alpha value is -5.54. The van der Waals surface area contributed by atoms with E-state index in [4.69, 9.17) is 4.84 Å². The third-order valence-electron chi connectivity index (χ3n) is 12.7. The Labute approximate surface area is 385 Å². The van der Waals surface area contributed by atoms with Crippen LogP contribution in [0.25, 0.3) is 0 Å². The summed E-state index contributed by atoms with van der Waals surface area (Å²) in [7, 11) is -5.55. The van der Waals surface area contributed by atoms with E-state index in [0.717, 1.165) is 42.9 Å². The molecular weight excluding hydrogens is 893 g/mol. The highest BCUT2D eigenvalue weighted by molar-refractivity contribution is 7.86. The minimum Gasteiger partial charge on any atom is -0.372 e. The van der Waals surface area contributed by atoms with Crippen molar-refractivity contribution >= 4 is 66.8 Å². The number of para-hydroxylation sites is 1. The molecular formula is C46H59N6O12S2+. The lowest BCUT2D eigenvalue weighted by atomic mass is 9.76. The number of fused-ring (bicyclic) bond motifs is 2. The quantitative estimate of drug-likeness (QED) is 0.0485. The van der Waals surface area contributed by atoms with Gasteiger partial charge in [-0.05, 0) is 89.5 Å². The van der Waals surface area contributed by atoms with E-state index in [-0.39, 0.29) is 60.4 Å². The van der Waals surface area contributed by atoms with Gasteiger partial charge in [-0.3, -0.25) is 28.3 Å². The molecule has 3 heterocycles. The first-order chi connectivity index (χ1) is 30.9. The second-order valence-corrected chi connectivity index (χ2v) is 21.0. The van der Waals surface area contributed by atoms with Gasteiger partial charge in [0.15, 0.2) is 11.5 Å². The number of Topliss-reactive ketones (excluding diaryl/α,β-unsaturated/α-hetero) is 1. The van der Waals surface area contributed by atoms with E-state index in [0.29, 0.717) is 28.6 Å². The van der Waals surface area contributed by atoms with E-state index in [1.54, 1.807) is 29.8 Å². The number of hydrogen-bond acceptors (Lipinski definition) is 13. The van der Waals surface area contributed by atoms with Gasteiger partial charge in [0.2, 0.25) is 11.6 Å². The Bertz CT molecular complexity index is 2690. The summed E-state index contributed by atoms with van der Waals surface area (Å²) in [4.78, 5) is 73.4. The molecule has 0 saturated carbocycles. The average molecular weight is 952 g/mol. The molecule has 3 amide bonds. The van der Waals surface area contributed by atoms with Gasteiger partial charge in [-0.25, -0.2) is 4.79 Å². The van der Waals surface area contributed by atoms with Crippen LogP contribution in [-0.4, -0.2) is 128 Å². The third-order valence-corrected chi connectivity index (χ3v) is 14.3. The minimum atomic E-state index is -4.80. The van der Waals surface area contributed by atoms with Gasteiger partial charge >= 0.3 is 5.97 Å². The van der Waals surface area contributed by atoms with Crippen LogP contribution in [0.2, 0.25) is 0 Å². The number of imide groups is 1. The van der Waals surface area contributed by atoms with Gasteiger partial charge in [0.1, 0.15) is 18.8 Å². The van der Waals surface area contributed by atoms with Crippen LogP contribution in [0.5, 0.6) is 0 Å². The lowest BCUT2D eigenvalue weighted by Crippen LogP contribution is -2.50. The Morgan fingerprint density at radius 1 is 0.924 bits per heavy atom. The van der Waals surface area contributed by atoms with Gasteiger partial charge in [-0.15, -0.1) is 5.06 Å². The van der Waals surface area contributed by atoms with Gasteiger partial charge in [-0.2, -0.15) is 21.4 Å². The molecule has 0 spiro atoms. The molecule has 1 atom stereocenters. The molecule has 1 aliphatic carbocycles. The number of hydroxylamine groups is 2. The zero-order valence-electron chi connectivity index (χ0n) is 38.3. The van der Waals surface area contributed by atoms with Crippen LogP contribution in [0.1, 0.15) is 90.7 Å². The van der Waals surface area contributed by atoms with Crippen molar-refractivity contribution in [2.24, 2.45) is 0 Å². The molecule has 0 radical (unpaired) electrons. The Morgan fingerprint density at radius 3 is 2.26 bits per heavy atom. The summed E-state index contributed by atoms with van der Waals surface area (Å²) < 4.78 is 71.0. The fourth-order valence-corrected chi connectivity index (χ4v) is 10.0. The van der Waals surface area contributed by atoms with Gasteiger partial charge in [0, 0.05) is 72.4 Å². The number of nitrogens with one attached hydrogen (secondary N) is 2. The van der Waals surface area contributed by atoms with E-state index >= 15 is 0 Å². The van der Waals surface area contributed by atoms with Gasteiger partial charge in [-0.1, -0.05) is 39.0 Å². The minimum absolute atomic E-state index is 0.0366. The number of unbranched alkanes of at least 4 members (excludes halogenated alkanes) is 2. The van der Waals surface area contributed by atoms with E-state index in [1.165, 1.54) is 12.1 Å². The van der Waals surface area contributed by atoms with Crippen molar-refractivity contribution in [1.82, 2.24) is 20.6 Å². The lowest BCUT2D eigenvalue weighted by Gasteiger charge is -2.32. The molecule has 1 saturated heterocycles. The highest BCUT2D eigenvalue weighted by atomic mass is 32.2. The Morgan fingerprint density at radius 2 is 1.61 bits per heavy atom. The molecule has 3 aliphatic heterocycles. The Kier molecular flexibility index (Phi) is 14.6. The summed E-state index contributed by atoms with van der Waals surface area (Å²) in [6.07, 6.45) is 5.25. The maximum Gasteiger partial charge on any atom is 0.333 e. The smallest absolute Gasteiger partial charge is 0.333 e. The molecule has 18 nitrogen and oxygen atoms in total. The molecule has 20 heteroatoms. The number of benzene rings is 2. The molecule has 2 aromatic carbocycles. The second-order valence-electron chi connectivity index (χ2n) is 18.1. The van der Waals surface area contributed by atoms with Crippen molar-refractivity contribution in [3.63, 3.8) is 0 Å². The number of allylic oxidation sites excluding steroid dienone is 5. The first kappa shape index (κ1) is 49.9. The van der Waals surface area contributed by atoms with E-state index in [1.807, 2.05) is 38.1 Å². The molecule has 0 bridgehead atoms. The highest BCUT2D eigenvalue weighted by Gasteiger charge is 2.47. The highest BCUT2D eigenvalue weighted by Crippen LogP contribution is 2.49. The maximum atomic E-state index is 14.6. The number of nitrogens with zero attached hydrogens (tertiary/aromatic N) is 4. The zero-order chi connectivity index (χ0) is 48.5. The number of ketones is 1. The summed E-state index contributed by atoms with van der Waals surface area (Å²) in [5, 5.41) is 6.10. The number of amides is 3. The van der Waals surface area contributed by atoms with Crippen molar-refractivity contribution in [3.8, 4) is 0 Å². The van der Waals surface area contributed by atoms with E-state index in [9.17, 15) is 49.9 Å². The molecule has 4 aliphatic rings. The molecule has 2 aromatic rings. The summed E-state index contributed by atoms with van der Waals surface area (Å²) in [5.41, 5.74) is 3.45. The molecule has 356 valence electrons. The molecule has 1 fully saturated rings. The lowest BCUT2D eigenvalue weighted by molar-refractivity contribution is -0.401. The van der Waals surface area contributed by atoms with Gasteiger partial charge < -0.3 is 25.3 Å². The zero-order valence-corrected chi connectivity index (χ0v) is 40.0. The van der Waals surface area contributed by atoms with Crippen LogP contribution in [0.3, 0.4) is 0 Å². The molecule has 66 heavy (non-hydrogen) atoms. The topological polar surface area (TPSA) is 240 Å². The summed E-state index contributed by atoms with van der Waals surface area (Å²) in [6.45, 7) is 12.3. The molecule has 6 rings (SSSR count). The van der Waals surface area contributed by atoms with Crippen molar-refractivity contribution in [1.29, 1.82) is 0 Å². The SMILES string of the molecule is CCN(C)CCCCN1/C(=C/C2=C(NC(CS(=O)(=O)O)C(=O)NCCCCC(=O)ON3C(=O)CCC3=O)C(=C/C3=[N+](C)c4ccc(S(=O)(=O)O)cc4C3(C)C)/C2=O)C(C)(C)c2ccccc21. The van der Waals surface area contributed by atoms with Crippen LogP contribution in [0.4, 0.5) is 11.4 Å². The Balaban J connectivity index is 1.35. The van der Waals surface area contributed by atoms with Crippen LogP contribution < -0.4 is 15.5 Å². The molecule has 4 N–H and O–H groups in total. The van der Waals surface area contributed by atoms with Gasteiger partial charge in [0.05, 0.1) is 21.6 Å². The first-order valence-corrected chi connectivity index (χ1v) is 25.0. The monoisotopic (exact) mass is 951 g/mol. The standard InChI is InChI=1S/C46H58N6O12S2/c1-8-49(6)23-13-14-24-51-36-16-10-9-15-32(36)45(2,3)38(51)27-31-42(30(43(31)56)26-37-46(4,5)33-25-29(66(61,62)63)18-19-35(33)50(37)7)48-34(28-65(58,59)60)44(57)47-22-12-11-17-41(55)64-52-39(53)20-21-40(52)54/h9-10,15-16,18-19,25-27,34H,8,11-14,17,20-24,28H2,1-7H3,(H3-,47,48,56,57,58,59,60,61,62,63)/p+1. The van der Waals surface area contributed by atoms with E-state index in [2.05, 4.69) is 48.3 Å². The van der Waals surface area contributed by atoms with E-state index < -0.39 is 72.3 Å². The van der Waals surface area contributed by atoms with Crippen LogP contribution in [-0.2, 0) is 59.9 Å². The van der Waals surface area contributed by atoms with Crippen molar-refractivity contribution in [3.05, 3.63) is 88.3 Å². The van der Waals surface area contributed by atoms with Gasteiger partial charge in [0.25, 0.3) is 32.1 Å². The number of carbonyl (C=O) groups is 5.